The van der Waals surface area contributed by atoms with Crippen LogP contribution in [0.2, 0.25) is 5.15 Å². The highest BCUT2D eigenvalue weighted by atomic mass is 35.5. The van der Waals surface area contributed by atoms with Crippen LogP contribution in [0.1, 0.15) is 57.6 Å². The van der Waals surface area contributed by atoms with Crippen molar-refractivity contribution in [2.75, 3.05) is 0 Å². The van der Waals surface area contributed by atoms with Gasteiger partial charge < -0.3 is 19.9 Å². The predicted molar refractivity (Wildman–Crippen MR) is 132 cm³/mol. The number of carbonyl (C=O) groups is 2. The number of halogens is 1. The number of pyridine rings is 1. The Morgan fingerprint density at radius 2 is 1.74 bits per heavy atom. The number of benzene rings is 2. The fourth-order valence-corrected chi connectivity index (χ4v) is 4.39. The summed E-state index contributed by atoms with van der Waals surface area (Å²) in [5.74, 6) is -1.50. The fraction of sp³-hybridized carbons (Fsp3) is 0.231. The van der Waals surface area contributed by atoms with E-state index < -0.39 is 11.9 Å². The maximum atomic E-state index is 12.2. The van der Waals surface area contributed by atoms with E-state index in [2.05, 4.69) is 16.9 Å². The molecule has 0 saturated carbocycles. The van der Waals surface area contributed by atoms with Gasteiger partial charge in [0, 0.05) is 23.9 Å². The number of hydrogen-bond donors (Lipinski definition) is 3. The highest BCUT2D eigenvalue weighted by Crippen LogP contribution is 2.29. The third-order valence-corrected chi connectivity index (χ3v) is 6.19. The number of carboxylic acids is 2. The minimum atomic E-state index is -1.14. The van der Waals surface area contributed by atoms with Crippen molar-refractivity contribution in [1.29, 1.82) is 0 Å². The number of aromatic nitrogens is 3. The van der Waals surface area contributed by atoms with Crippen molar-refractivity contribution in [3.05, 3.63) is 81.9 Å². The molecular weight excluding hydrogens is 470 g/mol. The minimum Gasteiger partial charge on any atom is -0.478 e. The van der Waals surface area contributed by atoms with Crippen molar-refractivity contribution < 1.29 is 24.9 Å². The van der Waals surface area contributed by atoms with Gasteiger partial charge in [-0.15, -0.1) is 0 Å². The van der Waals surface area contributed by atoms with Gasteiger partial charge in [-0.05, 0) is 36.2 Å². The van der Waals surface area contributed by atoms with E-state index in [0.29, 0.717) is 35.1 Å². The Bertz CT molecular complexity index is 1430. The van der Waals surface area contributed by atoms with Crippen LogP contribution in [0.5, 0.6) is 0 Å². The van der Waals surface area contributed by atoms with E-state index in [4.69, 9.17) is 11.6 Å². The lowest BCUT2D eigenvalue weighted by Crippen LogP contribution is -2.10. The molecule has 8 nitrogen and oxygen atoms in total. The second kappa shape index (κ2) is 10.2. The van der Waals surface area contributed by atoms with Crippen LogP contribution in [-0.4, -0.2) is 41.8 Å². The molecule has 2 aromatic carbocycles. The first-order valence-corrected chi connectivity index (χ1v) is 11.6. The number of aryl methyl sites for hydroxylation is 1. The highest BCUT2D eigenvalue weighted by Gasteiger charge is 2.19. The SMILES string of the molecule is CCCCc1nc(Cl)c(CO)n1Cc1ccc2nc(-c3ccccc3C(=O)O)cc(C(=O)O)c2c1. The van der Waals surface area contributed by atoms with E-state index in [9.17, 15) is 24.9 Å². The predicted octanol–water partition coefficient (Wildman–Crippen LogP) is 5.03. The standard InChI is InChI=1S/C26H24ClN3O5/c1-2-3-8-23-29-24(27)22(14-31)30(23)13-15-9-10-20-18(11-15)19(26(34)35)12-21(28-20)16-6-4-5-7-17(16)25(32)33/h4-7,9-12,31H,2-3,8,13-14H2,1H3,(H,32,33)(H,34,35). The molecule has 0 aliphatic rings. The Morgan fingerprint density at radius 1 is 1.00 bits per heavy atom. The van der Waals surface area contributed by atoms with Crippen LogP contribution in [0.25, 0.3) is 22.2 Å². The lowest BCUT2D eigenvalue weighted by atomic mass is 9.99. The summed E-state index contributed by atoms with van der Waals surface area (Å²) < 4.78 is 1.87. The maximum absolute atomic E-state index is 12.2. The van der Waals surface area contributed by atoms with Crippen LogP contribution < -0.4 is 0 Å². The number of aliphatic hydroxyl groups is 1. The van der Waals surface area contributed by atoms with Crippen molar-refractivity contribution in [2.24, 2.45) is 0 Å². The van der Waals surface area contributed by atoms with E-state index in [-0.39, 0.29) is 28.6 Å². The van der Waals surface area contributed by atoms with Gasteiger partial charge in [0.25, 0.3) is 0 Å². The summed E-state index contributed by atoms with van der Waals surface area (Å²) in [6, 6.07) is 13.0. The molecule has 35 heavy (non-hydrogen) atoms. The first kappa shape index (κ1) is 24.4. The average molecular weight is 494 g/mol. The molecule has 2 aromatic heterocycles. The Hall–Kier alpha value is -3.75. The van der Waals surface area contributed by atoms with Gasteiger partial charge in [-0.3, -0.25) is 0 Å². The molecule has 9 heteroatoms. The minimum absolute atomic E-state index is 0.0179. The molecule has 0 saturated heterocycles. The number of fused-ring (bicyclic) bond motifs is 1. The quantitative estimate of drug-likeness (QED) is 0.298. The monoisotopic (exact) mass is 493 g/mol. The summed E-state index contributed by atoms with van der Waals surface area (Å²) in [5.41, 5.74) is 2.41. The van der Waals surface area contributed by atoms with Crippen LogP contribution >= 0.6 is 11.6 Å². The molecule has 0 aliphatic heterocycles. The molecule has 3 N–H and O–H groups in total. The topological polar surface area (TPSA) is 126 Å². The Morgan fingerprint density at radius 3 is 2.43 bits per heavy atom. The maximum Gasteiger partial charge on any atom is 0.336 e. The van der Waals surface area contributed by atoms with Gasteiger partial charge in [-0.1, -0.05) is 49.2 Å². The second-order valence-electron chi connectivity index (χ2n) is 8.18. The van der Waals surface area contributed by atoms with Gasteiger partial charge in [-0.2, -0.15) is 0 Å². The van der Waals surface area contributed by atoms with Gasteiger partial charge in [0.05, 0.1) is 34.6 Å². The van der Waals surface area contributed by atoms with Crippen LogP contribution in [0.15, 0.2) is 48.5 Å². The highest BCUT2D eigenvalue weighted by molar-refractivity contribution is 6.30. The third kappa shape index (κ3) is 4.89. The summed E-state index contributed by atoms with van der Waals surface area (Å²) >= 11 is 6.25. The molecule has 0 unspecified atom stereocenters. The number of rotatable bonds is 9. The summed E-state index contributed by atoms with van der Waals surface area (Å²) in [6.45, 7) is 2.17. The molecule has 4 rings (SSSR count). The fourth-order valence-electron chi connectivity index (χ4n) is 4.13. The number of hydrogen-bond acceptors (Lipinski definition) is 5. The molecule has 4 aromatic rings. The molecule has 0 aliphatic carbocycles. The molecule has 180 valence electrons. The number of carboxylic acid groups (broad SMARTS) is 2. The lowest BCUT2D eigenvalue weighted by molar-refractivity contribution is 0.0688. The third-order valence-electron chi connectivity index (χ3n) is 5.88. The van der Waals surface area contributed by atoms with Crippen LogP contribution in [-0.2, 0) is 19.6 Å². The normalized spacial score (nSPS) is 11.2. The zero-order valence-electron chi connectivity index (χ0n) is 19.0. The lowest BCUT2D eigenvalue weighted by Gasteiger charge is -2.13. The molecule has 0 bridgehead atoms. The summed E-state index contributed by atoms with van der Waals surface area (Å²) in [5, 5.41) is 30.0. The molecule has 0 radical (unpaired) electrons. The first-order chi connectivity index (χ1) is 16.8. The van der Waals surface area contributed by atoms with Gasteiger partial charge in [0.2, 0.25) is 0 Å². The average Bonchev–Trinajstić information content (AvgIpc) is 3.15. The van der Waals surface area contributed by atoms with E-state index in [1.165, 1.54) is 12.1 Å². The van der Waals surface area contributed by atoms with Crippen molar-refractivity contribution in [1.82, 2.24) is 14.5 Å². The largest absolute Gasteiger partial charge is 0.478 e. The van der Waals surface area contributed by atoms with Crippen LogP contribution in [0, 0.1) is 0 Å². The Balaban J connectivity index is 1.81. The van der Waals surface area contributed by atoms with Crippen LogP contribution in [0.3, 0.4) is 0 Å². The van der Waals surface area contributed by atoms with Gasteiger partial charge in [0.15, 0.2) is 5.15 Å². The van der Waals surface area contributed by atoms with Gasteiger partial charge in [-0.25, -0.2) is 19.6 Å². The Labute approximate surface area is 206 Å². The summed E-state index contributed by atoms with van der Waals surface area (Å²) in [4.78, 5) is 32.8. The van der Waals surface area contributed by atoms with Crippen LogP contribution in [0.4, 0.5) is 0 Å². The van der Waals surface area contributed by atoms with Crippen molar-refractivity contribution in [2.45, 2.75) is 39.3 Å². The zero-order chi connectivity index (χ0) is 25.1. The summed E-state index contributed by atoms with van der Waals surface area (Å²) in [7, 11) is 0. The molecule has 0 amide bonds. The van der Waals surface area contributed by atoms with Crippen molar-refractivity contribution in [3.63, 3.8) is 0 Å². The number of unbranched alkanes of at least 4 members (excludes halogenated alkanes) is 1. The van der Waals surface area contributed by atoms with Gasteiger partial charge in [0.1, 0.15) is 5.82 Å². The Kier molecular flexibility index (Phi) is 7.14. The molecule has 0 atom stereocenters. The van der Waals surface area contributed by atoms with Crippen molar-refractivity contribution in [3.8, 4) is 11.3 Å². The zero-order valence-corrected chi connectivity index (χ0v) is 19.8. The number of aliphatic hydroxyl groups excluding tert-OH is 1. The van der Waals surface area contributed by atoms with E-state index >= 15 is 0 Å². The molecular formula is C26H24ClN3O5. The first-order valence-electron chi connectivity index (χ1n) is 11.2. The van der Waals surface area contributed by atoms with E-state index in [1.807, 2.05) is 10.6 Å². The number of aromatic carboxylic acids is 2. The summed E-state index contributed by atoms with van der Waals surface area (Å²) in [6.07, 6.45) is 2.61. The van der Waals surface area contributed by atoms with E-state index in [0.717, 1.165) is 24.2 Å². The molecule has 0 spiro atoms. The number of nitrogens with zero attached hydrogens (tertiary/aromatic N) is 3. The number of imidazole rings is 1. The molecule has 2 heterocycles. The van der Waals surface area contributed by atoms with E-state index in [1.54, 1.807) is 30.3 Å². The van der Waals surface area contributed by atoms with Crippen molar-refractivity contribution >= 4 is 34.4 Å². The molecule has 0 fully saturated rings. The second-order valence-corrected chi connectivity index (χ2v) is 8.53. The van der Waals surface area contributed by atoms with Gasteiger partial charge >= 0.3 is 11.9 Å². The smallest absolute Gasteiger partial charge is 0.336 e.